The first-order valence-corrected chi connectivity index (χ1v) is 26.9. The second kappa shape index (κ2) is 18.7. The monoisotopic (exact) mass is 987 g/mol. The highest BCUT2D eigenvalue weighted by Gasteiger charge is 2.40. The first kappa shape index (κ1) is 48.5. The van der Waals surface area contributed by atoms with Gasteiger partial charge in [0.1, 0.15) is 12.5 Å². The maximum Gasteiger partial charge on any atom is 0.137 e. The molecule has 1 aliphatic heterocycles. The molecule has 11 aromatic rings. The Hall–Kier alpha value is -8.47. The van der Waals surface area contributed by atoms with Gasteiger partial charge in [-0.3, -0.25) is 4.57 Å². The zero-order valence-electron chi connectivity index (χ0n) is 45.1. The van der Waals surface area contributed by atoms with E-state index in [-0.39, 0.29) is 16.2 Å². The van der Waals surface area contributed by atoms with Crippen molar-refractivity contribution in [3.8, 4) is 16.9 Å². The average Bonchev–Trinajstić information content (AvgIpc) is 4.19. The van der Waals surface area contributed by atoms with Crippen LogP contribution in [-0.2, 0) is 21.7 Å². The van der Waals surface area contributed by atoms with Gasteiger partial charge >= 0.3 is 0 Å². The van der Waals surface area contributed by atoms with Crippen molar-refractivity contribution in [3.63, 3.8) is 0 Å². The predicted molar refractivity (Wildman–Crippen MR) is 320 cm³/mol. The zero-order valence-corrected chi connectivity index (χ0v) is 45.1. The molecule has 0 saturated heterocycles. The molecule has 4 heteroatoms. The second-order valence-corrected chi connectivity index (χ2v) is 23.3. The molecule has 374 valence electrons. The van der Waals surface area contributed by atoms with Crippen LogP contribution in [0.3, 0.4) is 0 Å². The van der Waals surface area contributed by atoms with Crippen LogP contribution in [0.15, 0.2) is 243 Å². The van der Waals surface area contributed by atoms with E-state index in [4.69, 9.17) is 4.98 Å². The standard InChI is InChI=1S/C72H66N4/c1-69(2,3)58-43-59(70(4,5)6)46-61(45-58)75-49-74(65-34-21-22-35-66(65)75)60-33-23-32-56(44-60)72(53-28-17-11-18-29-53,54-30-19-12-20-31-54)57-37-38-62-63-42-51(50-24-13-9-14-25-50)36-39-64(63)76(67(62)47-57)68-48-55(40-41-73-68)71(7,8)52-26-15-10-16-27-52/h9-48H,49H2,1-8H3. The van der Waals surface area contributed by atoms with E-state index >= 15 is 0 Å². The van der Waals surface area contributed by atoms with Crippen molar-refractivity contribution >= 4 is 44.6 Å². The maximum atomic E-state index is 5.23. The summed E-state index contributed by atoms with van der Waals surface area (Å²) in [6, 6.07) is 87.9. The number of benzene rings is 9. The number of hydrogen-bond acceptors (Lipinski definition) is 3. The van der Waals surface area contributed by atoms with Crippen LogP contribution in [0.5, 0.6) is 0 Å². The Morgan fingerprint density at radius 1 is 0.342 bits per heavy atom. The van der Waals surface area contributed by atoms with Crippen LogP contribution in [0.4, 0.5) is 22.7 Å². The van der Waals surface area contributed by atoms with E-state index in [1.807, 2.05) is 6.20 Å². The van der Waals surface area contributed by atoms with Gasteiger partial charge in [-0.2, -0.15) is 0 Å². The summed E-state index contributed by atoms with van der Waals surface area (Å²) in [5.41, 5.74) is 18.2. The topological polar surface area (TPSA) is 24.3 Å². The molecule has 2 aromatic heterocycles. The minimum atomic E-state index is -0.741. The lowest BCUT2D eigenvalue weighted by molar-refractivity contribution is 0.568. The summed E-state index contributed by atoms with van der Waals surface area (Å²) in [6.45, 7) is 19.2. The molecular weight excluding hydrogens is 921 g/mol. The van der Waals surface area contributed by atoms with Crippen molar-refractivity contribution in [1.29, 1.82) is 0 Å². The summed E-state index contributed by atoms with van der Waals surface area (Å²) in [4.78, 5) is 10.2. The third-order valence-electron chi connectivity index (χ3n) is 16.2. The van der Waals surface area contributed by atoms with Gasteiger partial charge in [0, 0.05) is 33.8 Å². The Kier molecular flexibility index (Phi) is 11.9. The normalized spacial score (nSPS) is 13.2. The number of aromatic nitrogens is 2. The molecule has 12 rings (SSSR count). The summed E-state index contributed by atoms with van der Waals surface area (Å²) in [5, 5.41) is 2.36. The molecule has 0 N–H and O–H groups in total. The van der Waals surface area contributed by atoms with Gasteiger partial charge < -0.3 is 9.80 Å². The van der Waals surface area contributed by atoms with Crippen molar-refractivity contribution in [2.45, 2.75) is 77.0 Å². The molecule has 0 unspecified atom stereocenters. The molecule has 0 radical (unpaired) electrons. The first-order chi connectivity index (χ1) is 36.7. The lowest BCUT2D eigenvalue weighted by atomic mass is 9.65. The number of rotatable bonds is 10. The first-order valence-electron chi connectivity index (χ1n) is 26.9. The number of para-hydroxylation sites is 2. The Bertz CT molecular complexity index is 3820. The molecule has 0 aliphatic carbocycles. The van der Waals surface area contributed by atoms with E-state index in [1.54, 1.807) is 0 Å². The highest BCUT2D eigenvalue weighted by Crippen LogP contribution is 2.51. The second-order valence-electron chi connectivity index (χ2n) is 23.3. The van der Waals surface area contributed by atoms with Crippen LogP contribution in [-0.4, -0.2) is 16.2 Å². The SMILES string of the molecule is CC(C)(C)c1cc(N2CN(c3cccc(C(c4ccccc4)(c4ccccc4)c4ccc5c6cc(-c7ccccc7)ccc6n(-c6cc(C(C)(C)c7ccccc7)ccn6)c5c4)c3)c3ccccc32)cc(C(C)(C)C)c1. The fourth-order valence-corrected chi connectivity index (χ4v) is 11.8. The molecule has 0 spiro atoms. The number of hydrogen-bond donors (Lipinski definition) is 0. The molecule has 4 nitrogen and oxygen atoms in total. The molecule has 1 aliphatic rings. The number of nitrogens with zero attached hydrogens (tertiary/aromatic N) is 4. The number of fused-ring (bicyclic) bond motifs is 4. The van der Waals surface area contributed by atoms with Gasteiger partial charge in [0.25, 0.3) is 0 Å². The predicted octanol–water partition coefficient (Wildman–Crippen LogP) is 18.4. The van der Waals surface area contributed by atoms with E-state index in [0.717, 1.165) is 22.5 Å². The molecule has 0 amide bonds. The maximum absolute atomic E-state index is 5.23. The molecule has 0 atom stereocenters. The fraction of sp³-hybridized carbons (Fsp3) is 0.181. The van der Waals surface area contributed by atoms with Crippen molar-refractivity contribution in [2.75, 3.05) is 16.5 Å². The van der Waals surface area contributed by atoms with Crippen LogP contribution < -0.4 is 9.80 Å². The Morgan fingerprint density at radius 2 is 0.868 bits per heavy atom. The van der Waals surface area contributed by atoms with Gasteiger partial charge in [0.05, 0.1) is 27.8 Å². The molecular formula is C72H66N4. The third-order valence-corrected chi connectivity index (χ3v) is 16.2. The van der Waals surface area contributed by atoms with Gasteiger partial charge in [-0.25, -0.2) is 4.98 Å². The van der Waals surface area contributed by atoms with Gasteiger partial charge in [-0.05, 0) is 133 Å². The molecule has 0 bridgehead atoms. The van der Waals surface area contributed by atoms with Crippen molar-refractivity contribution < 1.29 is 0 Å². The van der Waals surface area contributed by atoms with Crippen LogP contribution in [0, 0.1) is 0 Å². The van der Waals surface area contributed by atoms with Crippen molar-refractivity contribution in [2.24, 2.45) is 0 Å². The average molecular weight is 987 g/mol. The van der Waals surface area contributed by atoms with E-state index in [0.29, 0.717) is 6.67 Å². The molecule has 0 fully saturated rings. The smallest absolute Gasteiger partial charge is 0.137 e. The van der Waals surface area contributed by atoms with Crippen LogP contribution >= 0.6 is 0 Å². The molecule has 76 heavy (non-hydrogen) atoms. The van der Waals surface area contributed by atoms with Crippen molar-refractivity contribution in [1.82, 2.24) is 9.55 Å². The van der Waals surface area contributed by atoms with E-state index < -0.39 is 5.41 Å². The van der Waals surface area contributed by atoms with Gasteiger partial charge in [-0.15, -0.1) is 0 Å². The van der Waals surface area contributed by atoms with Gasteiger partial charge in [0.15, 0.2) is 0 Å². The molecule has 0 saturated carbocycles. The quantitative estimate of drug-likeness (QED) is 0.128. The molecule has 3 heterocycles. The summed E-state index contributed by atoms with van der Waals surface area (Å²) < 4.78 is 2.40. The number of anilines is 4. The molecule has 9 aromatic carbocycles. The third kappa shape index (κ3) is 8.37. The highest BCUT2D eigenvalue weighted by molar-refractivity contribution is 6.10. The lowest BCUT2D eigenvalue weighted by Crippen LogP contribution is -2.31. The zero-order chi connectivity index (χ0) is 52.4. The van der Waals surface area contributed by atoms with Gasteiger partial charge in [-0.1, -0.05) is 225 Å². The van der Waals surface area contributed by atoms with Crippen LogP contribution in [0.2, 0.25) is 0 Å². The Balaban J connectivity index is 1.08. The van der Waals surface area contributed by atoms with Gasteiger partial charge in [0.2, 0.25) is 0 Å². The van der Waals surface area contributed by atoms with Crippen LogP contribution in [0.1, 0.15) is 99.9 Å². The minimum absolute atomic E-state index is 0.0101. The highest BCUT2D eigenvalue weighted by atomic mass is 15.4. The largest absolute Gasteiger partial charge is 0.321 e. The van der Waals surface area contributed by atoms with Crippen LogP contribution in [0.25, 0.3) is 38.8 Å². The Labute approximate surface area is 449 Å². The fourth-order valence-electron chi connectivity index (χ4n) is 11.8. The Morgan fingerprint density at radius 3 is 1.47 bits per heavy atom. The van der Waals surface area contributed by atoms with E-state index in [9.17, 15) is 0 Å². The summed E-state index contributed by atoms with van der Waals surface area (Å²) in [5.74, 6) is 0.887. The van der Waals surface area contributed by atoms with E-state index in [1.165, 1.54) is 83.5 Å². The number of pyridine rings is 1. The summed E-state index contributed by atoms with van der Waals surface area (Å²) in [6.07, 6.45) is 1.99. The van der Waals surface area contributed by atoms with Crippen molar-refractivity contribution in [3.05, 3.63) is 287 Å². The summed E-state index contributed by atoms with van der Waals surface area (Å²) in [7, 11) is 0. The lowest BCUT2D eigenvalue weighted by Gasteiger charge is -2.37. The summed E-state index contributed by atoms with van der Waals surface area (Å²) >= 11 is 0. The minimum Gasteiger partial charge on any atom is -0.321 e. The van der Waals surface area contributed by atoms with E-state index in [2.05, 4.69) is 306 Å².